The molecule has 8 heterocycles. The van der Waals surface area contributed by atoms with Crippen molar-refractivity contribution >= 4 is 83.5 Å². The number of rotatable bonds is 28. The molecule has 0 bridgehead atoms. The summed E-state index contributed by atoms with van der Waals surface area (Å²) >= 11 is 0. The fraction of sp³-hybridized carbons (Fsp3) is 0.564. The van der Waals surface area contributed by atoms with E-state index < -0.39 is 201 Å². The van der Waals surface area contributed by atoms with Crippen LogP contribution in [0.4, 0.5) is 23.8 Å². The van der Waals surface area contributed by atoms with Crippen LogP contribution in [0.5, 0.6) is 0 Å². The summed E-state index contributed by atoms with van der Waals surface area (Å²) in [7, 11) is 0. The first-order chi connectivity index (χ1) is 51.9. The largest absolute Gasteiger partial charge is 0.550 e. The van der Waals surface area contributed by atoms with Gasteiger partial charge in [0.1, 0.15) is 30.5 Å². The lowest BCUT2D eigenvalue weighted by molar-refractivity contribution is -0.776. The van der Waals surface area contributed by atoms with Gasteiger partial charge in [0.25, 0.3) is 0 Å². The molecule has 0 amide bonds. The van der Waals surface area contributed by atoms with Gasteiger partial charge in [0.15, 0.2) is 24.9 Å². The van der Waals surface area contributed by atoms with E-state index in [0.717, 1.165) is 9.80 Å². The normalized spacial score (nSPS) is 21.8. The molecule has 4 aromatic heterocycles. The summed E-state index contributed by atoms with van der Waals surface area (Å²) < 4.78 is 25.9. The molecule has 0 aliphatic carbocycles. The van der Waals surface area contributed by atoms with Crippen molar-refractivity contribution in [1.82, 2.24) is 49.7 Å². The summed E-state index contributed by atoms with van der Waals surface area (Å²) in [4.78, 5) is 172. The molecule has 0 spiro atoms. The monoisotopic (exact) mass is 1600 g/mol. The van der Waals surface area contributed by atoms with Gasteiger partial charge in [-0.1, -0.05) is 19.9 Å². The van der Waals surface area contributed by atoms with Crippen molar-refractivity contribution in [3.63, 3.8) is 0 Å². The number of H-pyrrole nitrogens is 4. The number of carbonyl (C=O) groups is 10. The molecule has 4 aromatic rings. The van der Waals surface area contributed by atoms with Crippen molar-refractivity contribution in [3.05, 3.63) is 79.4 Å². The third kappa shape index (κ3) is 37.8. The molecular weight excluding hydrogens is 1520 g/mol. The highest BCUT2D eigenvalue weighted by atomic mass is 16.6. The number of anilines is 4. The first-order valence-electron chi connectivity index (χ1n) is 31.5. The summed E-state index contributed by atoms with van der Waals surface area (Å²) in [6.07, 6.45) is -2.55. The number of ether oxygens (including phenoxy) is 4. The van der Waals surface area contributed by atoms with Gasteiger partial charge in [0, 0.05) is 76.2 Å². The number of carbonyl (C=O) groups excluding carboxylic acids is 4. The smallest absolute Gasteiger partial charge is 0.446 e. The Kier molecular flexibility index (Phi) is 43.2. The molecule has 8 rings (SSSR count). The number of aliphatic hydroxyl groups excluding tert-OH is 8. The summed E-state index contributed by atoms with van der Waals surface area (Å²) in [5.41, 5.74) is 29.0. The Bertz CT molecular complexity index is 3570. The number of carboxylic acids is 10. The minimum absolute atomic E-state index is 0.0125. The van der Waals surface area contributed by atoms with Crippen molar-refractivity contribution in [2.24, 2.45) is 11.5 Å². The Balaban J connectivity index is 0.000000644. The zero-order valence-corrected chi connectivity index (χ0v) is 57.7. The van der Waals surface area contributed by atoms with Crippen LogP contribution in [0.2, 0.25) is 0 Å². The Labute approximate surface area is 619 Å². The number of nitrogens with two attached hydrogens (primary N) is 6. The number of nitrogens with one attached hydrogen (secondary N) is 4. The lowest BCUT2D eigenvalue weighted by Crippen LogP contribution is -2.55. The minimum Gasteiger partial charge on any atom is -0.550 e. The van der Waals surface area contributed by atoms with Gasteiger partial charge in [0.2, 0.25) is 25.3 Å². The molecular formula is C55H84N20O36. The highest BCUT2D eigenvalue weighted by Crippen LogP contribution is 2.26. The van der Waals surface area contributed by atoms with Crippen molar-refractivity contribution in [2.75, 3.05) is 88.6 Å². The predicted molar refractivity (Wildman–Crippen MR) is 342 cm³/mol. The quantitative estimate of drug-likeness (QED) is 0.0185. The predicted octanol–water partition coefficient (Wildman–Crippen LogP) is -20.4. The van der Waals surface area contributed by atoms with Crippen molar-refractivity contribution in [1.29, 1.82) is 0 Å². The average Bonchev–Trinajstić information content (AvgIpc) is 1.72. The van der Waals surface area contributed by atoms with E-state index in [9.17, 15) is 108 Å². The van der Waals surface area contributed by atoms with Crippen molar-refractivity contribution < 1.29 is 177 Å². The summed E-state index contributed by atoms with van der Waals surface area (Å²) in [6.45, 7) is -3.67. The molecule has 0 saturated carbocycles. The second-order valence-electron chi connectivity index (χ2n) is 22.7. The van der Waals surface area contributed by atoms with E-state index in [2.05, 4.69) is 39.9 Å². The van der Waals surface area contributed by atoms with Gasteiger partial charge in [-0.2, -0.15) is 38.2 Å². The third-order valence-electron chi connectivity index (χ3n) is 14.1. The molecule has 4 saturated heterocycles. The number of hydrogen-bond donors (Lipinski definition) is 24. The lowest BCUT2D eigenvalue weighted by atomic mass is 10.2. The molecule has 0 aromatic carbocycles. The molecule has 4 aliphatic rings. The van der Waals surface area contributed by atoms with E-state index in [1.54, 1.807) is 0 Å². The maximum Gasteiger partial charge on any atom is 0.446 e. The zero-order chi connectivity index (χ0) is 84.7. The number of aromatic nitrogens is 12. The number of nitrogen functional groups attached to an aromatic ring is 4. The number of hydrogen-bond acceptors (Lipinski definition) is 42. The molecule has 620 valence electrons. The average molecular weight is 1600 g/mol. The van der Waals surface area contributed by atoms with E-state index in [-0.39, 0.29) is 102 Å². The SMILES string of the molecule is NC(CC(=O)[O-])C(=O)O.NC(CCC(=O)O)C(=O)[O-].Nc1nc[n+]([C@H]2C[C@@H](O)[C@@H](CO)O2)c(=O)[nH]1.Nc1nc[n+]([C@H]2C[C@@H](O)[C@@H](CO)O2)c(=O)[nH]1.Nc1nc[n+]([C@H]2C[C@@H](O)[C@@H](CO)O2)c(=O)[nH]1.Nc1nc[n+]([C@H]2C[C@@H](O)[C@@H](CO)O2)c(=O)[nH]1.O=C([O-])/C=C/C(=O)O.O=C([O-])CN(CCN(CC(=O)O)CC(=O)O)CC(=O)O. The van der Waals surface area contributed by atoms with Crippen LogP contribution in [0.15, 0.2) is 56.6 Å². The fourth-order valence-corrected chi connectivity index (χ4v) is 8.82. The van der Waals surface area contributed by atoms with Gasteiger partial charge in [-0.05, 0) is 12.5 Å². The number of aliphatic hydroxyl groups is 8. The van der Waals surface area contributed by atoms with Crippen LogP contribution in [0, 0.1) is 0 Å². The van der Waals surface area contributed by atoms with Crippen LogP contribution in [-0.4, -0.2) is 307 Å². The lowest BCUT2D eigenvalue weighted by Gasteiger charge is -2.24. The Morgan fingerprint density at radius 1 is 0.459 bits per heavy atom. The maximum absolute atomic E-state index is 11.5. The molecule has 30 N–H and O–H groups in total. The van der Waals surface area contributed by atoms with Crippen LogP contribution < -0.4 is 95.9 Å². The van der Waals surface area contributed by atoms with Crippen molar-refractivity contribution in [2.45, 2.75) is 131 Å². The van der Waals surface area contributed by atoms with Crippen LogP contribution in [0.1, 0.15) is 69.9 Å². The molecule has 56 nitrogen and oxygen atoms in total. The van der Waals surface area contributed by atoms with Gasteiger partial charge < -0.3 is 164 Å². The highest BCUT2D eigenvalue weighted by Gasteiger charge is 2.41. The topological polar surface area (TPSA) is 944 Å². The molecule has 4 aliphatic heterocycles. The van der Waals surface area contributed by atoms with Crippen molar-refractivity contribution in [3.8, 4) is 0 Å². The fourth-order valence-electron chi connectivity index (χ4n) is 8.82. The molecule has 0 radical (unpaired) electrons. The second kappa shape index (κ2) is 49.3. The minimum atomic E-state index is -1.51. The summed E-state index contributed by atoms with van der Waals surface area (Å²) in [6, 6.07) is -2.52. The molecule has 111 heavy (non-hydrogen) atoms. The Morgan fingerprint density at radius 3 is 0.910 bits per heavy atom. The van der Waals surface area contributed by atoms with E-state index in [1.807, 2.05) is 0 Å². The second-order valence-corrected chi connectivity index (χ2v) is 22.7. The number of carboxylic acid groups (broad SMARTS) is 10. The first-order valence-corrected chi connectivity index (χ1v) is 31.5. The van der Waals surface area contributed by atoms with E-state index in [0.29, 0.717) is 12.2 Å². The van der Waals surface area contributed by atoms with Gasteiger partial charge >= 0.3 is 82.4 Å². The van der Waals surface area contributed by atoms with Gasteiger partial charge in [0.05, 0.1) is 88.4 Å². The van der Waals surface area contributed by atoms with Crippen LogP contribution in [0.3, 0.4) is 0 Å². The molecule has 14 atom stereocenters. The highest BCUT2D eigenvalue weighted by molar-refractivity contribution is 5.88. The Morgan fingerprint density at radius 2 is 0.739 bits per heavy atom. The van der Waals surface area contributed by atoms with Gasteiger partial charge in [-0.15, -0.1) is 0 Å². The Hall–Kier alpha value is -11.8. The zero-order valence-electron chi connectivity index (χ0n) is 57.7. The number of aliphatic carboxylic acids is 10. The van der Waals surface area contributed by atoms with Crippen LogP contribution in [0.25, 0.3) is 0 Å². The summed E-state index contributed by atoms with van der Waals surface area (Å²) in [5, 5.41) is 163. The number of aromatic amines is 4. The molecule has 56 heteroatoms. The van der Waals surface area contributed by atoms with Gasteiger partial charge in [-0.25, -0.2) is 24.0 Å². The third-order valence-corrected chi connectivity index (χ3v) is 14.1. The van der Waals surface area contributed by atoms with Gasteiger partial charge in [-0.3, -0.25) is 33.8 Å². The molecule has 4 fully saturated rings. The summed E-state index contributed by atoms with van der Waals surface area (Å²) in [5.74, 6) is -13.2. The van der Waals surface area contributed by atoms with Crippen LogP contribution >= 0.6 is 0 Å². The number of nitrogens with zero attached hydrogens (tertiary/aromatic N) is 10. The van der Waals surface area contributed by atoms with Crippen LogP contribution in [-0.2, 0) is 66.9 Å². The first kappa shape index (κ1) is 97.3. The van der Waals surface area contributed by atoms with E-state index in [4.69, 9.17) is 104 Å². The molecule has 2 unspecified atom stereocenters. The van der Waals surface area contributed by atoms with E-state index >= 15 is 0 Å². The maximum atomic E-state index is 11.5. The van der Waals surface area contributed by atoms with E-state index in [1.165, 1.54) is 43.6 Å². The standard InChI is InChI=1S/C10H16N2O8.4C8H12N4O4.C5H9NO4.C4H7NO4.C4H4O4/c13-7(14)3-11(4-8(15)16)1-2-12(5-9(17)18)6-10(19)20;4*9-7-10-3-12(8(15)11-7)6-1-4(14)5(2-13)16-6;6-3(5(9)10)1-2-4(7)8;5-2(4(8)9)1-3(6)7;5-3(6)1-2-4(7)8/h1-6H2,(H,13,14)(H,15,16)(H,17,18)(H,19,20);4*3-6,13-14H,1-2H2,(H2,9,11,15);3H,1-2,6H2,(H,7,8)(H,9,10);2H,1,5H2,(H,6,7)(H,8,9);1-2H,(H,5,6)(H,7,8)/b;;;;;;;2-1+/t;4*4-,5-,6-;;;/m.1111.../s1.